The van der Waals surface area contributed by atoms with E-state index in [2.05, 4.69) is 11.6 Å². The van der Waals surface area contributed by atoms with Crippen LogP contribution in [-0.4, -0.2) is 4.98 Å². The van der Waals surface area contributed by atoms with Gasteiger partial charge in [0.1, 0.15) is 0 Å². The predicted octanol–water partition coefficient (Wildman–Crippen LogP) is 2.11. The van der Waals surface area contributed by atoms with E-state index in [1.807, 2.05) is 25.1 Å². The lowest BCUT2D eigenvalue weighted by Gasteiger charge is -1.93. The zero-order valence-electron chi connectivity index (χ0n) is 5.46. The third-order valence-corrected chi connectivity index (χ3v) is 1.10. The van der Waals surface area contributed by atoms with Crippen molar-refractivity contribution >= 4 is 5.57 Å². The summed E-state index contributed by atoms with van der Waals surface area (Å²) in [5, 5.41) is 0. The first kappa shape index (κ1) is 6.02. The van der Waals surface area contributed by atoms with Gasteiger partial charge >= 0.3 is 0 Å². The Balaban J connectivity index is 2.98. The molecule has 0 aliphatic heterocycles. The zero-order chi connectivity index (χ0) is 6.69. The Hall–Kier alpha value is -1.11. The summed E-state index contributed by atoms with van der Waals surface area (Å²) in [6.07, 6.45) is 1.77. The largest absolute Gasteiger partial charge is 0.257 e. The summed E-state index contributed by atoms with van der Waals surface area (Å²) in [4.78, 5) is 4.08. The number of hydrogen-bond donors (Lipinski definition) is 0. The van der Waals surface area contributed by atoms with Crippen LogP contribution >= 0.6 is 0 Å². The molecule has 1 nitrogen and oxygen atoms in total. The molecule has 0 spiro atoms. The van der Waals surface area contributed by atoms with Gasteiger partial charge in [-0.05, 0) is 24.6 Å². The van der Waals surface area contributed by atoms with Gasteiger partial charge in [-0.15, -0.1) is 0 Å². The van der Waals surface area contributed by atoms with Gasteiger partial charge in [0.15, 0.2) is 0 Å². The van der Waals surface area contributed by atoms with Crippen molar-refractivity contribution in [2.75, 3.05) is 0 Å². The number of allylic oxidation sites excluding steroid dienone is 1. The Morgan fingerprint density at radius 1 is 1.56 bits per heavy atom. The average Bonchev–Trinajstić information content (AvgIpc) is 1.90. The van der Waals surface area contributed by atoms with E-state index in [4.69, 9.17) is 0 Å². The summed E-state index contributed by atoms with van der Waals surface area (Å²) in [7, 11) is 0. The Kier molecular flexibility index (Phi) is 1.63. The van der Waals surface area contributed by atoms with Gasteiger partial charge in [-0.2, -0.15) is 0 Å². The summed E-state index contributed by atoms with van der Waals surface area (Å²) in [5.41, 5.74) is 1.98. The van der Waals surface area contributed by atoms with Crippen LogP contribution in [-0.2, 0) is 0 Å². The monoisotopic (exact) mass is 119 g/mol. The molecule has 46 valence electrons. The Morgan fingerprint density at radius 2 is 2.33 bits per heavy atom. The number of hydrogen-bond acceptors (Lipinski definition) is 1. The van der Waals surface area contributed by atoms with Gasteiger partial charge in [-0.1, -0.05) is 12.6 Å². The molecule has 1 rings (SSSR count). The second-order valence-corrected chi connectivity index (χ2v) is 2.00. The van der Waals surface area contributed by atoms with Gasteiger partial charge in [-0.25, -0.2) is 0 Å². The lowest BCUT2D eigenvalue weighted by molar-refractivity contribution is 1.27. The molecule has 0 radical (unpaired) electrons. The van der Waals surface area contributed by atoms with Crippen LogP contribution in [0.15, 0.2) is 31.0 Å². The molecule has 0 aromatic carbocycles. The van der Waals surface area contributed by atoms with Gasteiger partial charge in [0.2, 0.25) is 0 Å². The van der Waals surface area contributed by atoms with Crippen molar-refractivity contribution in [2.24, 2.45) is 0 Å². The molecule has 0 fully saturated rings. The fourth-order valence-corrected chi connectivity index (χ4v) is 0.615. The first-order valence-corrected chi connectivity index (χ1v) is 2.87. The second kappa shape index (κ2) is 2.44. The van der Waals surface area contributed by atoms with Crippen LogP contribution < -0.4 is 0 Å². The fraction of sp³-hybridized carbons (Fsp3) is 0.125. The maximum atomic E-state index is 4.08. The van der Waals surface area contributed by atoms with E-state index in [9.17, 15) is 0 Å². The van der Waals surface area contributed by atoms with E-state index in [1.54, 1.807) is 6.20 Å². The number of aromatic nitrogens is 1. The molecule has 0 aliphatic rings. The first-order chi connectivity index (χ1) is 4.30. The van der Waals surface area contributed by atoms with E-state index in [-0.39, 0.29) is 0 Å². The SMILES string of the molecule is C=C(C)c1ccccn1. The predicted molar refractivity (Wildman–Crippen MR) is 38.9 cm³/mol. The Bertz CT molecular complexity index is 201. The lowest BCUT2D eigenvalue weighted by atomic mass is 10.2. The molecule has 9 heavy (non-hydrogen) atoms. The second-order valence-electron chi connectivity index (χ2n) is 2.00. The van der Waals surface area contributed by atoms with Crippen LogP contribution in [0.4, 0.5) is 0 Å². The van der Waals surface area contributed by atoms with Crippen molar-refractivity contribution in [3.05, 3.63) is 36.7 Å². The summed E-state index contributed by atoms with van der Waals surface area (Å²) < 4.78 is 0. The molecular weight excluding hydrogens is 110 g/mol. The smallest absolute Gasteiger partial charge is 0.0652 e. The molecular formula is C8H9N. The van der Waals surface area contributed by atoms with Gasteiger partial charge in [0, 0.05) is 6.20 Å². The maximum Gasteiger partial charge on any atom is 0.0652 e. The highest BCUT2D eigenvalue weighted by molar-refractivity contribution is 5.56. The van der Waals surface area contributed by atoms with Gasteiger partial charge in [0.05, 0.1) is 5.69 Å². The molecule has 0 atom stereocenters. The molecule has 1 heterocycles. The van der Waals surface area contributed by atoms with Gasteiger partial charge in [-0.3, -0.25) is 4.98 Å². The number of rotatable bonds is 1. The van der Waals surface area contributed by atoms with Crippen LogP contribution in [0.3, 0.4) is 0 Å². The molecule has 0 amide bonds. The molecule has 1 heteroatoms. The van der Waals surface area contributed by atoms with Crippen molar-refractivity contribution in [2.45, 2.75) is 6.92 Å². The summed E-state index contributed by atoms with van der Waals surface area (Å²) >= 11 is 0. The van der Waals surface area contributed by atoms with E-state index in [0.717, 1.165) is 11.3 Å². The van der Waals surface area contributed by atoms with Crippen LogP contribution in [0.2, 0.25) is 0 Å². The average molecular weight is 119 g/mol. The fourth-order valence-electron chi connectivity index (χ4n) is 0.615. The van der Waals surface area contributed by atoms with Gasteiger partial charge < -0.3 is 0 Å². The van der Waals surface area contributed by atoms with E-state index < -0.39 is 0 Å². The van der Waals surface area contributed by atoms with E-state index in [1.165, 1.54) is 0 Å². The molecule has 0 bridgehead atoms. The molecule has 0 N–H and O–H groups in total. The topological polar surface area (TPSA) is 12.9 Å². The van der Waals surface area contributed by atoms with Crippen molar-refractivity contribution in [1.29, 1.82) is 0 Å². The van der Waals surface area contributed by atoms with E-state index >= 15 is 0 Å². The summed E-state index contributed by atoms with van der Waals surface area (Å²) in [6, 6.07) is 5.80. The Labute approximate surface area is 55.1 Å². The summed E-state index contributed by atoms with van der Waals surface area (Å²) in [5.74, 6) is 0. The van der Waals surface area contributed by atoms with Crippen molar-refractivity contribution < 1.29 is 0 Å². The lowest BCUT2D eigenvalue weighted by Crippen LogP contribution is -1.80. The highest BCUT2D eigenvalue weighted by Crippen LogP contribution is 2.04. The molecule has 0 saturated heterocycles. The standard InChI is InChI=1S/C8H9N/c1-7(2)8-5-3-4-6-9-8/h3-6H,1H2,2H3. The van der Waals surface area contributed by atoms with Crippen molar-refractivity contribution in [3.8, 4) is 0 Å². The summed E-state index contributed by atoms with van der Waals surface area (Å²) in [6.45, 7) is 5.71. The Morgan fingerprint density at radius 3 is 2.67 bits per heavy atom. The third kappa shape index (κ3) is 1.39. The highest BCUT2D eigenvalue weighted by Gasteiger charge is 1.88. The minimum atomic E-state index is 0.970. The molecule has 1 aromatic rings. The quantitative estimate of drug-likeness (QED) is 0.551. The minimum absolute atomic E-state index is 0.970. The normalized spacial score (nSPS) is 9.00. The number of pyridine rings is 1. The van der Waals surface area contributed by atoms with Crippen LogP contribution in [0, 0.1) is 0 Å². The van der Waals surface area contributed by atoms with E-state index in [0.29, 0.717) is 0 Å². The molecule has 1 aromatic heterocycles. The van der Waals surface area contributed by atoms with Crippen molar-refractivity contribution in [3.63, 3.8) is 0 Å². The van der Waals surface area contributed by atoms with Crippen LogP contribution in [0.25, 0.3) is 5.57 Å². The molecule has 0 saturated carbocycles. The van der Waals surface area contributed by atoms with Crippen LogP contribution in [0.5, 0.6) is 0 Å². The van der Waals surface area contributed by atoms with Crippen molar-refractivity contribution in [1.82, 2.24) is 4.98 Å². The third-order valence-electron chi connectivity index (χ3n) is 1.10. The molecule has 0 unspecified atom stereocenters. The first-order valence-electron chi connectivity index (χ1n) is 2.87. The van der Waals surface area contributed by atoms with Gasteiger partial charge in [0.25, 0.3) is 0 Å². The molecule has 0 aliphatic carbocycles. The maximum absolute atomic E-state index is 4.08. The highest BCUT2D eigenvalue weighted by atomic mass is 14.7. The zero-order valence-corrected chi connectivity index (χ0v) is 5.46. The van der Waals surface area contributed by atoms with Crippen LogP contribution in [0.1, 0.15) is 12.6 Å². The minimum Gasteiger partial charge on any atom is -0.257 e. The number of nitrogens with zero attached hydrogens (tertiary/aromatic N) is 1.